The van der Waals surface area contributed by atoms with Crippen LogP contribution in [0.5, 0.6) is 0 Å². The van der Waals surface area contributed by atoms with E-state index in [1.54, 1.807) is 13.0 Å². The van der Waals surface area contributed by atoms with Gasteiger partial charge in [-0.1, -0.05) is 0 Å². The molecule has 5 nitrogen and oxygen atoms in total. The van der Waals surface area contributed by atoms with E-state index in [1.165, 1.54) is 6.26 Å². The molecular weight excluding hydrogens is 254 g/mol. The fourth-order valence-corrected chi connectivity index (χ4v) is 5.04. The molecule has 2 aliphatic rings. The highest BCUT2D eigenvalue weighted by Gasteiger charge is 2.46. The lowest BCUT2D eigenvalue weighted by Gasteiger charge is -2.32. The van der Waals surface area contributed by atoms with E-state index in [0.29, 0.717) is 5.56 Å². The minimum atomic E-state index is -3.48. The number of carbonyl (C=O) groups excluding carboxylic acids is 1. The third-order valence-electron chi connectivity index (χ3n) is 3.85. The second-order valence-electron chi connectivity index (χ2n) is 5.15. The maximum Gasteiger partial charge on any atom is 0.303 e. The number of sulfonamides is 1. The van der Waals surface area contributed by atoms with Crippen molar-refractivity contribution in [2.45, 2.75) is 32.2 Å². The predicted octanol–water partition coefficient (Wildman–Crippen LogP) is 1.54. The molecule has 2 atom stereocenters. The Balaban J connectivity index is 2.00. The fraction of sp³-hybridized carbons (Fsp3) is 0.583. The van der Waals surface area contributed by atoms with Gasteiger partial charge in [-0.3, -0.25) is 4.79 Å². The van der Waals surface area contributed by atoms with Crippen LogP contribution in [0.15, 0.2) is 16.7 Å². The van der Waals surface area contributed by atoms with E-state index in [1.807, 2.05) is 0 Å². The topological polar surface area (TPSA) is 67.6 Å². The Kier molecular flexibility index (Phi) is 2.52. The molecule has 1 saturated carbocycles. The molecule has 2 bridgehead atoms. The molecule has 1 aromatic heterocycles. The van der Waals surface area contributed by atoms with Crippen molar-refractivity contribution < 1.29 is 17.6 Å². The molecule has 1 aliphatic carbocycles. The molecule has 1 aromatic rings. The van der Waals surface area contributed by atoms with E-state index >= 15 is 0 Å². The highest BCUT2D eigenvalue weighted by Crippen LogP contribution is 2.38. The molecule has 1 amide bonds. The van der Waals surface area contributed by atoms with Crippen LogP contribution in [0, 0.1) is 12.8 Å². The van der Waals surface area contributed by atoms with E-state index in [4.69, 9.17) is 4.42 Å². The summed E-state index contributed by atoms with van der Waals surface area (Å²) < 4.78 is 30.5. The van der Waals surface area contributed by atoms with Gasteiger partial charge in [-0.25, -0.2) is 12.7 Å². The Morgan fingerprint density at radius 3 is 2.89 bits per heavy atom. The molecule has 0 spiro atoms. The van der Waals surface area contributed by atoms with Crippen LogP contribution < -0.4 is 0 Å². The largest absolute Gasteiger partial charge is 0.459 e. The Hall–Kier alpha value is -1.30. The molecule has 1 aliphatic heterocycles. The van der Waals surface area contributed by atoms with Crippen molar-refractivity contribution in [3.8, 4) is 0 Å². The standard InChI is InChI=1S/C12H15NO4S/c1-8-4-5-17-11(8)12(14)13-10-3-2-9(6-10)7-18(13,15)16/h4-5,9-10H,2-3,6-7H2,1H3/t9-,10+/m0/s1. The zero-order valence-corrected chi connectivity index (χ0v) is 10.9. The molecule has 18 heavy (non-hydrogen) atoms. The molecule has 0 radical (unpaired) electrons. The monoisotopic (exact) mass is 269 g/mol. The van der Waals surface area contributed by atoms with E-state index in [9.17, 15) is 13.2 Å². The van der Waals surface area contributed by atoms with Crippen LogP contribution in [0.25, 0.3) is 0 Å². The van der Waals surface area contributed by atoms with Crippen molar-refractivity contribution in [2.75, 3.05) is 5.75 Å². The lowest BCUT2D eigenvalue weighted by molar-refractivity contribution is 0.0783. The number of hydrogen-bond acceptors (Lipinski definition) is 4. The first kappa shape index (κ1) is 11.8. The summed E-state index contributed by atoms with van der Waals surface area (Å²) in [7, 11) is -3.48. The van der Waals surface area contributed by atoms with E-state index < -0.39 is 15.9 Å². The summed E-state index contributed by atoms with van der Waals surface area (Å²) in [5.41, 5.74) is 0.676. The Bertz CT molecular complexity index is 589. The molecule has 3 rings (SSSR count). The van der Waals surface area contributed by atoms with Gasteiger partial charge in [-0.05, 0) is 38.2 Å². The minimum Gasteiger partial charge on any atom is -0.459 e. The van der Waals surface area contributed by atoms with Crippen molar-refractivity contribution in [2.24, 2.45) is 5.92 Å². The normalized spacial score (nSPS) is 29.5. The predicted molar refractivity (Wildman–Crippen MR) is 64.5 cm³/mol. The molecule has 2 fully saturated rings. The van der Waals surface area contributed by atoms with Crippen LogP contribution in [0.1, 0.15) is 35.4 Å². The fourth-order valence-electron chi connectivity index (χ4n) is 3.00. The van der Waals surface area contributed by atoms with Gasteiger partial charge in [0.2, 0.25) is 10.0 Å². The number of rotatable bonds is 1. The number of furan rings is 1. The first-order valence-electron chi connectivity index (χ1n) is 6.09. The first-order chi connectivity index (χ1) is 8.49. The zero-order chi connectivity index (χ0) is 12.9. The maximum atomic E-state index is 12.3. The SMILES string of the molecule is Cc1ccoc1C(=O)N1[C@@H]2CC[C@@H](C2)CS1(=O)=O. The number of fused-ring (bicyclic) bond motifs is 2. The molecule has 6 heteroatoms. The Morgan fingerprint density at radius 1 is 1.44 bits per heavy atom. The summed E-state index contributed by atoms with van der Waals surface area (Å²) in [5.74, 6) is -0.0526. The summed E-state index contributed by atoms with van der Waals surface area (Å²) in [5, 5.41) is 0. The summed E-state index contributed by atoms with van der Waals surface area (Å²) in [4.78, 5) is 12.3. The van der Waals surface area contributed by atoms with Crippen molar-refractivity contribution in [3.63, 3.8) is 0 Å². The smallest absolute Gasteiger partial charge is 0.303 e. The zero-order valence-electron chi connectivity index (χ0n) is 10.1. The Labute approximate surface area is 106 Å². The molecule has 0 unspecified atom stereocenters. The van der Waals surface area contributed by atoms with Gasteiger partial charge in [0.05, 0.1) is 12.0 Å². The lowest BCUT2D eigenvalue weighted by Crippen LogP contribution is -2.48. The van der Waals surface area contributed by atoms with Crippen LogP contribution >= 0.6 is 0 Å². The van der Waals surface area contributed by atoms with Crippen LogP contribution in [0.3, 0.4) is 0 Å². The second kappa shape index (κ2) is 3.85. The maximum absolute atomic E-state index is 12.3. The van der Waals surface area contributed by atoms with Gasteiger partial charge in [-0.15, -0.1) is 0 Å². The van der Waals surface area contributed by atoms with Crippen LogP contribution in [-0.4, -0.2) is 30.4 Å². The van der Waals surface area contributed by atoms with Gasteiger partial charge in [-0.2, -0.15) is 0 Å². The van der Waals surface area contributed by atoms with Gasteiger partial charge in [0, 0.05) is 11.6 Å². The quantitative estimate of drug-likeness (QED) is 0.775. The highest BCUT2D eigenvalue weighted by molar-refractivity contribution is 7.89. The van der Waals surface area contributed by atoms with Gasteiger partial charge >= 0.3 is 5.91 Å². The van der Waals surface area contributed by atoms with Gasteiger partial charge in [0.15, 0.2) is 5.76 Å². The van der Waals surface area contributed by atoms with Gasteiger partial charge in [0.1, 0.15) is 0 Å². The molecule has 98 valence electrons. The number of nitrogens with zero attached hydrogens (tertiary/aromatic N) is 1. The van der Waals surface area contributed by atoms with Gasteiger partial charge in [0.25, 0.3) is 0 Å². The third-order valence-corrected chi connectivity index (χ3v) is 5.80. The van der Waals surface area contributed by atoms with Crippen LogP contribution in [-0.2, 0) is 10.0 Å². The van der Waals surface area contributed by atoms with Crippen molar-refractivity contribution >= 4 is 15.9 Å². The van der Waals surface area contributed by atoms with Gasteiger partial charge < -0.3 is 4.42 Å². The molecule has 2 heterocycles. The van der Waals surface area contributed by atoms with Crippen LogP contribution in [0.2, 0.25) is 0 Å². The average Bonchev–Trinajstić information content (AvgIpc) is 2.84. The van der Waals surface area contributed by atoms with Crippen LogP contribution in [0.4, 0.5) is 0 Å². The number of aryl methyl sites for hydroxylation is 1. The second-order valence-corrected chi connectivity index (χ2v) is 7.04. The lowest BCUT2D eigenvalue weighted by atomic mass is 10.1. The van der Waals surface area contributed by atoms with Crippen molar-refractivity contribution in [3.05, 3.63) is 23.7 Å². The molecule has 0 aromatic carbocycles. The van der Waals surface area contributed by atoms with E-state index in [-0.39, 0.29) is 23.5 Å². The van der Waals surface area contributed by atoms with E-state index in [0.717, 1.165) is 23.6 Å². The van der Waals surface area contributed by atoms with Crippen molar-refractivity contribution in [1.29, 1.82) is 0 Å². The minimum absolute atomic E-state index is 0.0923. The summed E-state index contributed by atoms with van der Waals surface area (Å²) in [6.07, 6.45) is 3.88. The Morgan fingerprint density at radius 2 is 2.22 bits per heavy atom. The molecule has 0 N–H and O–H groups in total. The number of carbonyl (C=O) groups is 1. The summed E-state index contributed by atoms with van der Waals surface area (Å²) in [6.45, 7) is 1.74. The molecule has 1 saturated heterocycles. The first-order valence-corrected chi connectivity index (χ1v) is 7.70. The van der Waals surface area contributed by atoms with Crippen molar-refractivity contribution in [1.82, 2.24) is 4.31 Å². The summed E-state index contributed by atoms with van der Waals surface area (Å²) in [6, 6.07) is 1.49. The third kappa shape index (κ3) is 1.67. The average molecular weight is 269 g/mol. The molecular formula is C12H15NO4S. The highest BCUT2D eigenvalue weighted by atomic mass is 32.2. The number of amides is 1. The summed E-state index contributed by atoms with van der Waals surface area (Å²) >= 11 is 0. The van der Waals surface area contributed by atoms with E-state index in [2.05, 4.69) is 0 Å². The number of hydrogen-bond donors (Lipinski definition) is 0.